The molecule has 2 aromatic rings. The van der Waals surface area contributed by atoms with Crippen molar-refractivity contribution >= 4 is 17.6 Å². The van der Waals surface area contributed by atoms with Crippen LogP contribution < -0.4 is 10.6 Å². The van der Waals surface area contributed by atoms with Crippen LogP contribution in [0.4, 0.5) is 5.69 Å². The minimum atomic E-state index is -0.330. The van der Waals surface area contributed by atoms with E-state index < -0.39 is 0 Å². The lowest BCUT2D eigenvalue weighted by Crippen LogP contribution is -2.38. The molecule has 1 fully saturated rings. The van der Waals surface area contributed by atoms with Crippen LogP contribution in [0.5, 0.6) is 0 Å². The molecule has 0 aliphatic carbocycles. The summed E-state index contributed by atoms with van der Waals surface area (Å²) in [6.07, 6.45) is 3.44. The van der Waals surface area contributed by atoms with Gasteiger partial charge in [-0.2, -0.15) is 0 Å². The van der Waals surface area contributed by atoms with Gasteiger partial charge in [-0.3, -0.25) is 4.79 Å². The molecule has 1 amide bonds. The first kappa shape index (κ1) is 20.9. The van der Waals surface area contributed by atoms with Gasteiger partial charge in [0.1, 0.15) is 6.10 Å². The van der Waals surface area contributed by atoms with E-state index >= 15 is 0 Å². The molecular weight excluding hydrogens is 366 g/mol. The largest absolute Gasteiger partial charge is 0.368 e. The lowest BCUT2D eigenvalue weighted by atomic mass is 10.2. The highest BCUT2D eigenvalue weighted by Crippen LogP contribution is 2.17. The Morgan fingerprint density at radius 1 is 1.34 bits per heavy atom. The summed E-state index contributed by atoms with van der Waals surface area (Å²) in [5, 5.41) is 6.30. The molecule has 7 nitrogen and oxygen atoms in total. The first-order valence-corrected chi connectivity index (χ1v) is 10.2. The molecule has 1 saturated heterocycles. The monoisotopic (exact) mass is 397 g/mol. The van der Waals surface area contributed by atoms with Crippen LogP contribution in [0.3, 0.4) is 0 Å². The zero-order valence-corrected chi connectivity index (χ0v) is 17.5. The molecule has 2 N–H and O–H groups in total. The number of carbonyl (C=O) groups is 1. The molecular formula is C22H31N5O2. The fourth-order valence-corrected chi connectivity index (χ4v) is 3.37. The number of aliphatic imine (C=N–C) groups is 1. The van der Waals surface area contributed by atoms with Crippen molar-refractivity contribution in [3.8, 4) is 0 Å². The molecule has 1 aliphatic heterocycles. The van der Waals surface area contributed by atoms with Crippen LogP contribution in [0.25, 0.3) is 0 Å². The Morgan fingerprint density at radius 2 is 2.21 bits per heavy atom. The van der Waals surface area contributed by atoms with Crippen LogP contribution in [-0.4, -0.2) is 47.6 Å². The third kappa shape index (κ3) is 5.84. The fraction of sp³-hybridized carbons (Fsp3) is 0.455. The molecule has 1 aliphatic rings. The summed E-state index contributed by atoms with van der Waals surface area (Å²) in [4.78, 5) is 19.2. The number of aromatic nitrogens is 1. The van der Waals surface area contributed by atoms with Crippen LogP contribution in [0, 0.1) is 0 Å². The second-order valence-electron chi connectivity index (χ2n) is 7.33. The first-order chi connectivity index (χ1) is 14.1. The maximum Gasteiger partial charge on any atom is 0.253 e. The number of nitrogens with zero attached hydrogens (tertiary/aromatic N) is 3. The molecule has 0 radical (unpaired) electrons. The average molecular weight is 398 g/mol. The van der Waals surface area contributed by atoms with E-state index in [1.807, 2.05) is 50.6 Å². The zero-order chi connectivity index (χ0) is 20.6. The van der Waals surface area contributed by atoms with E-state index in [1.54, 1.807) is 0 Å². The fourth-order valence-electron chi connectivity index (χ4n) is 3.37. The smallest absolute Gasteiger partial charge is 0.253 e. The summed E-state index contributed by atoms with van der Waals surface area (Å²) >= 11 is 0. The van der Waals surface area contributed by atoms with Crippen LogP contribution in [-0.2, 0) is 29.7 Å². The molecule has 29 heavy (non-hydrogen) atoms. The van der Waals surface area contributed by atoms with E-state index in [-0.39, 0.29) is 12.0 Å². The highest BCUT2D eigenvalue weighted by Gasteiger charge is 2.23. The Labute approximate surface area is 172 Å². The quantitative estimate of drug-likeness (QED) is 0.557. The van der Waals surface area contributed by atoms with E-state index in [0.717, 1.165) is 43.1 Å². The van der Waals surface area contributed by atoms with Gasteiger partial charge in [0.15, 0.2) is 5.96 Å². The number of aryl methyl sites for hydroxylation is 1. The van der Waals surface area contributed by atoms with Gasteiger partial charge < -0.3 is 24.8 Å². The minimum absolute atomic E-state index is 0.0706. The van der Waals surface area contributed by atoms with Crippen molar-refractivity contribution in [3.63, 3.8) is 0 Å². The van der Waals surface area contributed by atoms with E-state index in [1.165, 1.54) is 5.69 Å². The molecule has 0 saturated carbocycles. The highest BCUT2D eigenvalue weighted by atomic mass is 16.5. The predicted octanol–water partition coefficient (Wildman–Crippen LogP) is 2.74. The molecule has 156 valence electrons. The number of guanidine groups is 1. The summed E-state index contributed by atoms with van der Waals surface area (Å²) in [6, 6.07) is 12.0. The van der Waals surface area contributed by atoms with Gasteiger partial charge in [-0.15, -0.1) is 0 Å². The molecule has 1 unspecified atom stereocenters. The number of anilines is 1. The van der Waals surface area contributed by atoms with Gasteiger partial charge in [0, 0.05) is 44.8 Å². The van der Waals surface area contributed by atoms with E-state index in [9.17, 15) is 4.79 Å². The molecule has 1 aromatic carbocycles. The third-order valence-corrected chi connectivity index (χ3v) is 4.97. The number of hydrogen-bond acceptors (Lipinski definition) is 3. The van der Waals surface area contributed by atoms with Crippen LogP contribution in [0.2, 0.25) is 0 Å². The summed E-state index contributed by atoms with van der Waals surface area (Å²) < 4.78 is 7.56. The standard InChI is InChI=1S/C22H31N5O2/c1-4-23-22(27(3)16-19-10-6-12-26(19)2)24-15-17-8-5-9-18(14-17)25-21(28)20-11-7-13-29-20/h5-6,8-10,12,14,20H,4,7,11,13,15-16H2,1-3H3,(H,23,24)(H,25,28). The lowest BCUT2D eigenvalue weighted by Gasteiger charge is -2.22. The Hall–Kier alpha value is -2.80. The Bertz CT molecular complexity index is 839. The number of rotatable bonds is 7. The lowest BCUT2D eigenvalue weighted by molar-refractivity contribution is -0.124. The van der Waals surface area contributed by atoms with Gasteiger partial charge in [-0.25, -0.2) is 4.99 Å². The third-order valence-electron chi connectivity index (χ3n) is 4.97. The predicted molar refractivity (Wildman–Crippen MR) is 116 cm³/mol. The van der Waals surface area contributed by atoms with Gasteiger partial charge >= 0.3 is 0 Å². The maximum absolute atomic E-state index is 12.3. The zero-order valence-electron chi connectivity index (χ0n) is 17.5. The summed E-state index contributed by atoms with van der Waals surface area (Å²) in [5.41, 5.74) is 3.04. The molecule has 0 bridgehead atoms. The number of nitrogens with one attached hydrogen (secondary N) is 2. The highest BCUT2D eigenvalue weighted by molar-refractivity contribution is 5.94. The number of hydrogen-bond donors (Lipinski definition) is 2. The van der Waals surface area contributed by atoms with Gasteiger partial charge in [0.2, 0.25) is 0 Å². The van der Waals surface area contributed by atoms with Gasteiger partial charge in [0.25, 0.3) is 5.91 Å². The molecule has 0 spiro atoms. The van der Waals surface area contributed by atoms with Gasteiger partial charge in [-0.05, 0) is 49.6 Å². The van der Waals surface area contributed by atoms with Crippen molar-refractivity contribution in [2.45, 2.75) is 39.0 Å². The van der Waals surface area contributed by atoms with Crippen molar-refractivity contribution in [1.29, 1.82) is 0 Å². The molecule has 2 heterocycles. The molecule has 3 rings (SSSR count). The first-order valence-electron chi connectivity index (χ1n) is 10.2. The van der Waals surface area contributed by atoms with Crippen molar-refractivity contribution in [2.24, 2.45) is 12.0 Å². The van der Waals surface area contributed by atoms with E-state index in [2.05, 4.69) is 33.1 Å². The number of carbonyl (C=O) groups excluding carboxylic acids is 1. The normalized spacial score (nSPS) is 16.7. The van der Waals surface area contributed by atoms with Crippen molar-refractivity contribution < 1.29 is 9.53 Å². The van der Waals surface area contributed by atoms with Crippen LogP contribution in [0.1, 0.15) is 31.0 Å². The molecule has 1 atom stereocenters. The van der Waals surface area contributed by atoms with E-state index in [4.69, 9.17) is 9.73 Å². The number of ether oxygens (including phenoxy) is 1. The van der Waals surface area contributed by atoms with Crippen LogP contribution >= 0.6 is 0 Å². The second kappa shape index (κ2) is 10.1. The van der Waals surface area contributed by atoms with Gasteiger partial charge in [-0.1, -0.05) is 12.1 Å². The van der Waals surface area contributed by atoms with Gasteiger partial charge in [0.05, 0.1) is 13.1 Å². The van der Waals surface area contributed by atoms with Crippen molar-refractivity contribution in [2.75, 3.05) is 25.5 Å². The van der Waals surface area contributed by atoms with Crippen molar-refractivity contribution in [1.82, 2.24) is 14.8 Å². The molecule has 7 heteroatoms. The summed E-state index contributed by atoms with van der Waals surface area (Å²) in [7, 11) is 4.08. The second-order valence-corrected chi connectivity index (χ2v) is 7.33. The minimum Gasteiger partial charge on any atom is -0.368 e. The SMILES string of the molecule is CCNC(=NCc1cccc(NC(=O)C2CCCO2)c1)N(C)Cc1cccn1C. The van der Waals surface area contributed by atoms with Crippen LogP contribution in [0.15, 0.2) is 47.6 Å². The average Bonchev–Trinajstić information content (AvgIpc) is 3.38. The number of amides is 1. The summed E-state index contributed by atoms with van der Waals surface area (Å²) in [5.74, 6) is 0.779. The Balaban J connectivity index is 1.64. The Morgan fingerprint density at radius 3 is 2.90 bits per heavy atom. The maximum atomic E-state index is 12.3. The topological polar surface area (TPSA) is 70.9 Å². The summed E-state index contributed by atoms with van der Waals surface area (Å²) in [6.45, 7) is 4.83. The van der Waals surface area contributed by atoms with Crippen molar-refractivity contribution in [3.05, 3.63) is 53.9 Å². The number of benzene rings is 1. The molecule has 1 aromatic heterocycles. The Kier molecular flexibility index (Phi) is 7.30. The van der Waals surface area contributed by atoms with E-state index in [0.29, 0.717) is 13.2 Å².